The van der Waals surface area contributed by atoms with Gasteiger partial charge in [0.05, 0.1) is 29.1 Å². The summed E-state index contributed by atoms with van der Waals surface area (Å²) in [7, 11) is 0. The molecule has 134 valence electrons. The lowest BCUT2D eigenvalue weighted by molar-refractivity contribution is -0.142. The Labute approximate surface area is 146 Å². The van der Waals surface area contributed by atoms with Crippen LogP contribution in [0.5, 0.6) is 0 Å². The molecule has 3 unspecified atom stereocenters. The molecule has 3 rings (SSSR count). The molecule has 1 aliphatic heterocycles. The van der Waals surface area contributed by atoms with Crippen LogP contribution in [0.2, 0.25) is 0 Å². The zero-order chi connectivity index (χ0) is 18.3. The predicted molar refractivity (Wildman–Crippen MR) is 93.5 cm³/mol. The van der Waals surface area contributed by atoms with Crippen molar-refractivity contribution in [3.05, 3.63) is 23.5 Å². The summed E-state index contributed by atoms with van der Waals surface area (Å²) in [4.78, 5) is 30.7. The Hall–Kier alpha value is -2.44. The Balaban J connectivity index is 2.03. The number of rotatable bonds is 4. The van der Waals surface area contributed by atoms with Gasteiger partial charge in [0.25, 0.3) is 5.91 Å². The number of carbonyl (C=O) groups excluding carboxylic acids is 1. The van der Waals surface area contributed by atoms with Gasteiger partial charge in [-0.05, 0) is 39.7 Å². The van der Waals surface area contributed by atoms with Crippen molar-refractivity contribution in [3.8, 4) is 0 Å². The van der Waals surface area contributed by atoms with Crippen molar-refractivity contribution in [2.75, 3.05) is 6.54 Å². The fourth-order valence-corrected chi connectivity index (χ4v) is 3.53. The van der Waals surface area contributed by atoms with Crippen molar-refractivity contribution in [1.29, 1.82) is 0 Å². The van der Waals surface area contributed by atoms with Crippen LogP contribution in [0.15, 0.2) is 12.3 Å². The van der Waals surface area contributed by atoms with Crippen molar-refractivity contribution < 1.29 is 14.7 Å². The lowest BCUT2D eigenvalue weighted by atomic mass is 10.0. The Morgan fingerprint density at radius 2 is 2.16 bits per heavy atom. The summed E-state index contributed by atoms with van der Waals surface area (Å²) in [6.45, 7) is 8.27. The topological polar surface area (TPSA) is 88.3 Å². The molecular weight excluding hydrogens is 320 g/mol. The summed E-state index contributed by atoms with van der Waals surface area (Å²) in [5, 5.41) is 14.5. The van der Waals surface area contributed by atoms with Gasteiger partial charge in [-0.15, -0.1) is 0 Å². The van der Waals surface area contributed by atoms with Crippen LogP contribution < -0.4 is 0 Å². The molecule has 1 fully saturated rings. The molecule has 25 heavy (non-hydrogen) atoms. The molecule has 7 nitrogen and oxygen atoms in total. The summed E-state index contributed by atoms with van der Waals surface area (Å²) >= 11 is 0. The highest BCUT2D eigenvalue weighted by Gasteiger charge is 2.39. The molecule has 0 aromatic carbocycles. The third-order valence-corrected chi connectivity index (χ3v) is 5.27. The highest BCUT2D eigenvalue weighted by atomic mass is 16.4. The number of aliphatic carboxylic acids is 1. The second-order valence-corrected chi connectivity index (χ2v) is 6.87. The molecule has 3 heterocycles. The quantitative estimate of drug-likeness (QED) is 0.921. The second kappa shape index (κ2) is 6.46. The molecule has 0 saturated carbocycles. The minimum Gasteiger partial charge on any atom is -0.481 e. The van der Waals surface area contributed by atoms with E-state index in [1.54, 1.807) is 24.1 Å². The molecular formula is C18H24N4O3. The van der Waals surface area contributed by atoms with Crippen LogP contribution in [-0.2, 0) is 4.79 Å². The Kier molecular flexibility index (Phi) is 4.49. The zero-order valence-corrected chi connectivity index (χ0v) is 15.1. The summed E-state index contributed by atoms with van der Waals surface area (Å²) in [6, 6.07) is 1.64. The first-order chi connectivity index (χ1) is 11.8. The van der Waals surface area contributed by atoms with Crippen LogP contribution in [0.25, 0.3) is 11.0 Å². The largest absolute Gasteiger partial charge is 0.481 e. The monoisotopic (exact) mass is 344 g/mol. The maximum atomic E-state index is 13.1. The first kappa shape index (κ1) is 17.4. The van der Waals surface area contributed by atoms with Gasteiger partial charge in [0, 0.05) is 18.3 Å². The lowest BCUT2D eigenvalue weighted by Gasteiger charge is -2.23. The van der Waals surface area contributed by atoms with Crippen molar-refractivity contribution in [3.63, 3.8) is 0 Å². The third kappa shape index (κ3) is 2.88. The molecule has 0 radical (unpaired) electrons. The number of carboxylic acids is 1. The van der Waals surface area contributed by atoms with Crippen LogP contribution >= 0.6 is 0 Å². The summed E-state index contributed by atoms with van der Waals surface area (Å²) in [5.74, 6) is -1.50. The molecule has 0 aliphatic carbocycles. The Morgan fingerprint density at radius 1 is 1.44 bits per heavy atom. The summed E-state index contributed by atoms with van der Waals surface area (Å²) < 4.78 is 1.85. The van der Waals surface area contributed by atoms with E-state index in [0.29, 0.717) is 24.2 Å². The average molecular weight is 344 g/mol. The van der Waals surface area contributed by atoms with Gasteiger partial charge in [-0.3, -0.25) is 9.59 Å². The van der Waals surface area contributed by atoms with Crippen molar-refractivity contribution in [2.24, 2.45) is 5.92 Å². The molecule has 1 amide bonds. The van der Waals surface area contributed by atoms with Crippen LogP contribution in [0, 0.1) is 12.8 Å². The number of aromatic nitrogens is 3. The standard InChI is InChI=1S/C18H24N4O3/c1-5-11(3)22-16-15(9-19-22)14(8-10(2)20-16)17(23)21-7-6-13(12(21)4)18(24)25/h8-9,11-13H,5-7H2,1-4H3,(H,24,25). The second-order valence-electron chi connectivity index (χ2n) is 6.87. The maximum Gasteiger partial charge on any atom is 0.308 e. The van der Waals surface area contributed by atoms with Gasteiger partial charge in [-0.25, -0.2) is 9.67 Å². The van der Waals surface area contributed by atoms with Crippen molar-refractivity contribution >= 4 is 22.9 Å². The number of likely N-dealkylation sites (tertiary alicyclic amines) is 1. The van der Waals surface area contributed by atoms with E-state index < -0.39 is 11.9 Å². The number of aryl methyl sites for hydroxylation is 1. The molecule has 0 bridgehead atoms. The fraction of sp³-hybridized carbons (Fsp3) is 0.556. The van der Waals surface area contributed by atoms with E-state index in [2.05, 4.69) is 23.9 Å². The lowest BCUT2D eigenvalue weighted by Crippen LogP contribution is -2.37. The smallest absolute Gasteiger partial charge is 0.308 e. The molecule has 1 aliphatic rings. The number of nitrogens with zero attached hydrogens (tertiary/aromatic N) is 4. The molecule has 7 heteroatoms. The van der Waals surface area contributed by atoms with Gasteiger partial charge in [-0.1, -0.05) is 6.92 Å². The molecule has 3 atom stereocenters. The van der Waals surface area contributed by atoms with Gasteiger partial charge < -0.3 is 10.0 Å². The number of fused-ring (bicyclic) bond motifs is 1. The van der Waals surface area contributed by atoms with E-state index in [4.69, 9.17) is 0 Å². The Bertz CT molecular complexity index is 829. The van der Waals surface area contributed by atoms with Gasteiger partial charge in [-0.2, -0.15) is 5.10 Å². The van der Waals surface area contributed by atoms with Crippen LogP contribution in [0.1, 0.15) is 55.7 Å². The van der Waals surface area contributed by atoms with Gasteiger partial charge in [0.2, 0.25) is 0 Å². The number of amides is 1. The van der Waals surface area contributed by atoms with Crippen molar-refractivity contribution in [1.82, 2.24) is 19.7 Å². The third-order valence-electron chi connectivity index (χ3n) is 5.27. The summed E-state index contributed by atoms with van der Waals surface area (Å²) in [5.41, 5.74) is 2.01. The number of pyridine rings is 1. The van der Waals surface area contributed by atoms with E-state index in [1.807, 2.05) is 11.6 Å². The van der Waals surface area contributed by atoms with E-state index in [0.717, 1.165) is 17.5 Å². The predicted octanol–water partition coefficient (Wildman–Crippen LogP) is 2.65. The van der Waals surface area contributed by atoms with Crippen LogP contribution in [0.3, 0.4) is 0 Å². The zero-order valence-electron chi connectivity index (χ0n) is 15.1. The summed E-state index contributed by atoms with van der Waals surface area (Å²) in [6.07, 6.45) is 3.09. The van der Waals surface area contributed by atoms with Crippen LogP contribution in [-0.4, -0.2) is 49.2 Å². The molecule has 2 aromatic rings. The molecule has 1 saturated heterocycles. The van der Waals surface area contributed by atoms with E-state index in [1.165, 1.54) is 0 Å². The van der Waals surface area contributed by atoms with E-state index in [9.17, 15) is 14.7 Å². The molecule has 0 spiro atoms. The van der Waals surface area contributed by atoms with Gasteiger partial charge in [0.15, 0.2) is 5.65 Å². The SMILES string of the molecule is CCC(C)n1ncc2c(C(=O)N3CCC(C(=O)O)C3C)cc(C)nc21. The van der Waals surface area contributed by atoms with E-state index >= 15 is 0 Å². The highest BCUT2D eigenvalue weighted by molar-refractivity contribution is 6.06. The normalized spacial score (nSPS) is 21.7. The first-order valence-electron chi connectivity index (χ1n) is 8.73. The number of hydrogen-bond donors (Lipinski definition) is 1. The fourth-order valence-electron chi connectivity index (χ4n) is 3.53. The number of hydrogen-bond acceptors (Lipinski definition) is 4. The minimum atomic E-state index is -0.844. The molecule has 2 aromatic heterocycles. The van der Waals surface area contributed by atoms with E-state index in [-0.39, 0.29) is 18.0 Å². The average Bonchev–Trinajstić information content (AvgIpc) is 3.16. The number of carbonyl (C=O) groups is 2. The van der Waals surface area contributed by atoms with Crippen LogP contribution in [0.4, 0.5) is 0 Å². The number of carboxylic acid groups (broad SMARTS) is 1. The van der Waals surface area contributed by atoms with Gasteiger partial charge >= 0.3 is 5.97 Å². The van der Waals surface area contributed by atoms with Gasteiger partial charge in [0.1, 0.15) is 0 Å². The van der Waals surface area contributed by atoms with Crippen molar-refractivity contribution in [2.45, 2.75) is 52.6 Å². The highest BCUT2D eigenvalue weighted by Crippen LogP contribution is 2.29. The maximum absolute atomic E-state index is 13.1. The first-order valence-corrected chi connectivity index (χ1v) is 8.73. The minimum absolute atomic E-state index is 0.143. The molecule has 1 N–H and O–H groups in total. The Morgan fingerprint density at radius 3 is 2.76 bits per heavy atom.